The number of amides is 1. The predicted octanol–water partition coefficient (Wildman–Crippen LogP) is 2.97. The van der Waals surface area contributed by atoms with Crippen LogP contribution in [0.5, 0.6) is 0 Å². The highest BCUT2D eigenvalue weighted by atomic mass is 32.2. The van der Waals surface area contributed by atoms with Gasteiger partial charge >= 0.3 is 0 Å². The van der Waals surface area contributed by atoms with Gasteiger partial charge in [0.05, 0.1) is 10.9 Å². The summed E-state index contributed by atoms with van der Waals surface area (Å²) >= 11 is 0. The normalized spacial score (nSPS) is 12.6. The largest absolute Gasteiger partial charge is 0.350 e. The van der Waals surface area contributed by atoms with Gasteiger partial charge in [0.1, 0.15) is 0 Å². The fourth-order valence-electron chi connectivity index (χ4n) is 2.65. The summed E-state index contributed by atoms with van der Waals surface area (Å²) in [6.07, 6.45) is 1.91. The van der Waals surface area contributed by atoms with E-state index in [1.54, 1.807) is 24.3 Å². The summed E-state index contributed by atoms with van der Waals surface area (Å²) < 4.78 is 25.7. The minimum absolute atomic E-state index is 0.0241. The van der Waals surface area contributed by atoms with Gasteiger partial charge in [0, 0.05) is 6.42 Å². The molecule has 0 saturated heterocycles. The molecule has 1 atom stereocenters. The van der Waals surface area contributed by atoms with Gasteiger partial charge in [-0.2, -0.15) is 0 Å². The standard InChI is InChI=1S/C20H26N2O3S/c1-4-16-5-10-18(11-6-16)15(2)22-20(23)14-9-17-7-12-19(13-8-17)26(24,25)21-3/h5-8,10-13,15,21H,4,9,14H2,1-3H3,(H,22,23). The van der Waals surface area contributed by atoms with Crippen LogP contribution in [-0.4, -0.2) is 21.4 Å². The maximum Gasteiger partial charge on any atom is 0.240 e. The minimum Gasteiger partial charge on any atom is -0.350 e. The third-order valence-electron chi connectivity index (χ3n) is 4.41. The van der Waals surface area contributed by atoms with Gasteiger partial charge in [-0.15, -0.1) is 0 Å². The summed E-state index contributed by atoms with van der Waals surface area (Å²) in [6.45, 7) is 4.08. The van der Waals surface area contributed by atoms with Crippen molar-refractivity contribution in [1.82, 2.24) is 10.0 Å². The van der Waals surface area contributed by atoms with Gasteiger partial charge in [-0.05, 0) is 55.6 Å². The van der Waals surface area contributed by atoms with Crippen molar-refractivity contribution in [3.63, 3.8) is 0 Å². The topological polar surface area (TPSA) is 75.3 Å². The van der Waals surface area contributed by atoms with E-state index in [-0.39, 0.29) is 16.8 Å². The summed E-state index contributed by atoms with van der Waals surface area (Å²) in [5, 5.41) is 3.00. The molecule has 2 rings (SSSR count). The fraction of sp³-hybridized carbons (Fsp3) is 0.350. The lowest BCUT2D eigenvalue weighted by Crippen LogP contribution is -2.26. The molecular weight excluding hydrogens is 348 g/mol. The van der Waals surface area contributed by atoms with Crippen molar-refractivity contribution >= 4 is 15.9 Å². The van der Waals surface area contributed by atoms with Crippen LogP contribution in [-0.2, 0) is 27.7 Å². The van der Waals surface area contributed by atoms with Crippen molar-refractivity contribution in [2.45, 2.75) is 44.0 Å². The molecule has 2 N–H and O–H groups in total. The lowest BCUT2D eigenvalue weighted by atomic mass is 10.0. The second-order valence-corrected chi connectivity index (χ2v) is 8.12. The molecule has 0 aromatic heterocycles. The SMILES string of the molecule is CCc1ccc(C(C)NC(=O)CCc2ccc(S(=O)(=O)NC)cc2)cc1. The zero-order valence-electron chi connectivity index (χ0n) is 15.5. The van der Waals surface area contributed by atoms with Gasteiger partial charge in [0.25, 0.3) is 0 Å². The summed E-state index contributed by atoms with van der Waals surface area (Å²) in [4.78, 5) is 12.4. The number of sulfonamides is 1. The molecule has 140 valence electrons. The van der Waals surface area contributed by atoms with Crippen LogP contribution in [0.15, 0.2) is 53.4 Å². The Labute approximate surface area is 155 Å². The Balaban J connectivity index is 1.88. The number of hydrogen-bond acceptors (Lipinski definition) is 3. The van der Waals surface area contributed by atoms with Crippen molar-refractivity contribution in [2.24, 2.45) is 0 Å². The van der Waals surface area contributed by atoms with E-state index in [2.05, 4.69) is 29.1 Å². The van der Waals surface area contributed by atoms with Gasteiger partial charge < -0.3 is 5.32 Å². The monoisotopic (exact) mass is 374 g/mol. The number of nitrogens with one attached hydrogen (secondary N) is 2. The maximum absolute atomic E-state index is 12.2. The summed E-state index contributed by atoms with van der Waals surface area (Å²) in [6, 6.07) is 14.8. The molecule has 0 saturated carbocycles. The summed E-state index contributed by atoms with van der Waals surface area (Å²) in [5.41, 5.74) is 3.28. The Bertz CT molecular complexity index is 828. The van der Waals surface area contributed by atoms with E-state index in [0.717, 1.165) is 17.5 Å². The first kappa shape index (κ1) is 20.1. The summed E-state index contributed by atoms with van der Waals surface area (Å²) in [7, 11) is -2.05. The second-order valence-electron chi connectivity index (χ2n) is 6.24. The van der Waals surface area contributed by atoms with E-state index < -0.39 is 10.0 Å². The first-order valence-electron chi connectivity index (χ1n) is 8.76. The average Bonchev–Trinajstić information content (AvgIpc) is 2.66. The molecule has 0 radical (unpaired) electrons. The zero-order valence-corrected chi connectivity index (χ0v) is 16.3. The first-order chi connectivity index (χ1) is 12.4. The van der Waals surface area contributed by atoms with Gasteiger partial charge in [-0.25, -0.2) is 13.1 Å². The smallest absolute Gasteiger partial charge is 0.240 e. The number of carbonyl (C=O) groups excluding carboxylic acids is 1. The molecule has 2 aromatic carbocycles. The van der Waals surface area contributed by atoms with E-state index in [1.807, 2.05) is 19.1 Å². The van der Waals surface area contributed by atoms with Crippen LogP contribution in [0, 0.1) is 0 Å². The highest BCUT2D eigenvalue weighted by Gasteiger charge is 2.12. The Morgan fingerprint density at radius 2 is 1.58 bits per heavy atom. The zero-order chi connectivity index (χ0) is 19.2. The van der Waals surface area contributed by atoms with Crippen molar-refractivity contribution in [1.29, 1.82) is 0 Å². The lowest BCUT2D eigenvalue weighted by molar-refractivity contribution is -0.121. The van der Waals surface area contributed by atoms with E-state index in [9.17, 15) is 13.2 Å². The number of rotatable bonds is 8. The number of hydrogen-bond donors (Lipinski definition) is 2. The molecule has 1 unspecified atom stereocenters. The first-order valence-corrected chi connectivity index (χ1v) is 10.2. The highest BCUT2D eigenvalue weighted by Crippen LogP contribution is 2.15. The molecule has 0 aliphatic heterocycles. The molecule has 1 amide bonds. The molecular formula is C20H26N2O3S. The van der Waals surface area contributed by atoms with E-state index in [4.69, 9.17) is 0 Å². The van der Waals surface area contributed by atoms with Crippen molar-refractivity contribution in [2.75, 3.05) is 7.05 Å². The Morgan fingerprint density at radius 3 is 2.12 bits per heavy atom. The predicted molar refractivity (Wildman–Crippen MR) is 103 cm³/mol. The van der Waals surface area contributed by atoms with Gasteiger partial charge in [-0.1, -0.05) is 43.3 Å². The Morgan fingerprint density at radius 1 is 1.00 bits per heavy atom. The average molecular weight is 375 g/mol. The van der Waals surface area contributed by atoms with Crippen LogP contribution in [0.25, 0.3) is 0 Å². The highest BCUT2D eigenvalue weighted by molar-refractivity contribution is 7.89. The third-order valence-corrected chi connectivity index (χ3v) is 5.84. The minimum atomic E-state index is -3.43. The Kier molecular flexibility index (Phi) is 6.94. The van der Waals surface area contributed by atoms with Crippen LogP contribution in [0.1, 0.15) is 43.0 Å². The molecule has 0 aliphatic carbocycles. The molecule has 0 heterocycles. The van der Waals surface area contributed by atoms with Gasteiger partial charge in [0.2, 0.25) is 15.9 Å². The van der Waals surface area contributed by atoms with Crippen LogP contribution < -0.4 is 10.0 Å². The molecule has 0 fully saturated rings. The van der Waals surface area contributed by atoms with Crippen molar-refractivity contribution in [3.05, 3.63) is 65.2 Å². The maximum atomic E-state index is 12.2. The fourth-order valence-corrected chi connectivity index (χ4v) is 3.38. The Hall–Kier alpha value is -2.18. The van der Waals surface area contributed by atoms with Gasteiger partial charge in [0.15, 0.2) is 0 Å². The molecule has 0 aliphatic rings. The van der Waals surface area contributed by atoms with Crippen LogP contribution in [0.3, 0.4) is 0 Å². The van der Waals surface area contributed by atoms with Crippen LogP contribution in [0.4, 0.5) is 0 Å². The van der Waals surface area contributed by atoms with Crippen molar-refractivity contribution in [3.8, 4) is 0 Å². The molecule has 5 nitrogen and oxygen atoms in total. The van der Waals surface area contributed by atoms with E-state index >= 15 is 0 Å². The van der Waals surface area contributed by atoms with E-state index in [1.165, 1.54) is 12.6 Å². The van der Waals surface area contributed by atoms with Gasteiger partial charge in [-0.3, -0.25) is 4.79 Å². The second kappa shape index (κ2) is 8.96. The third kappa shape index (κ3) is 5.41. The molecule has 0 spiro atoms. The molecule has 0 bridgehead atoms. The van der Waals surface area contributed by atoms with E-state index in [0.29, 0.717) is 12.8 Å². The summed E-state index contributed by atoms with van der Waals surface area (Å²) in [5.74, 6) is -0.0241. The van der Waals surface area contributed by atoms with Crippen LogP contribution >= 0.6 is 0 Å². The number of aryl methyl sites for hydroxylation is 2. The molecule has 6 heteroatoms. The molecule has 2 aromatic rings. The number of carbonyl (C=O) groups is 1. The lowest BCUT2D eigenvalue weighted by Gasteiger charge is -2.15. The van der Waals surface area contributed by atoms with Crippen LogP contribution in [0.2, 0.25) is 0 Å². The molecule has 26 heavy (non-hydrogen) atoms. The quantitative estimate of drug-likeness (QED) is 0.746. The number of benzene rings is 2. The van der Waals surface area contributed by atoms with Crippen molar-refractivity contribution < 1.29 is 13.2 Å².